The summed E-state index contributed by atoms with van der Waals surface area (Å²) >= 11 is 0. The Morgan fingerprint density at radius 1 is 0.750 bits per heavy atom. The third-order valence-corrected chi connectivity index (χ3v) is 6.42. The molecule has 1 saturated carbocycles. The Kier molecular flexibility index (Phi) is 6.14. The summed E-state index contributed by atoms with van der Waals surface area (Å²) in [5.41, 5.74) is 3.35. The third kappa shape index (κ3) is 4.84. The Balaban J connectivity index is 1.32. The summed E-state index contributed by atoms with van der Waals surface area (Å²) < 4.78 is 8.14. The van der Waals surface area contributed by atoms with Gasteiger partial charge in [-0.3, -0.25) is 4.98 Å². The monoisotopic (exact) mass is 477 g/mol. The van der Waals surface area contributed by atoms with Gasteiger partial charge in [-0.05, 0) is 61.4 Å². The minimum absolute atomic E-state index is 0.412. The lowest BCUT2D eigenvalue weighted by Crippen LogP contribution is -2.13. The smallest absolute Gasteiger partial charge is 0.231 e. The van der Waals surface area contributed by atoms with Crippen LogP contribution in [0.15, 0.2) is 85.5 Å². The van der Waals surface area contributed by atoms with Gasteiger partial charge >= 0.3 is 0 Å². The van der Waals surface area contributed by atoms with Crippen molar-refractivity contribution < 1.29 is 4.74 Å². The first-order valence-electron chi connectivity index (χ1n) is 12.3. The number of pyridine rings is 1. The van der Waals surface area contributed by atoms with Crippen LogP contribution in [0, 0.1) is 0 Å². The number of anilines is 4. The predicted molar refractivity (Wildman–Crippen MR) is 141 cm³/mol. The number of fused-ring (bicyclic) bond motifs is 1. The number of nitrogens with zero attached hydrogens (tertiary/aromatic N) is 5. The quantitative estimate of drug-likeness (QED) is 0.261. The van der Waals surface area contributed by atoms with Crippen molar-refractivity contribution in [1.82, 2.24) is 24.5 Å². The van der Waals surface area contributed by atoms with Crippen molar-refractivity contribution in [2.24, 2.45) is 0 Å². The van der Waals surface area contributed by atoms with E-state index in [1.165, 1.54) is 19.3 Å². The molecule has 8 nitrogen and oxygen atoms in total. The molecular formula is C28H27N7O. The second-order valence-corrected chi connectivity index (χ2v) is 8.94. The molecule has 6 rings (SSSR count). The van der Waals surface area contributed by atoms with E-state index in [1.54, 1.807) is 12.4 Å². The molecule has 1 aliphatic rings. The number of nitrogens with one attached hydrogen (secondary N) is 2. The number of para-hydroxylation sites is 1. The molecule has 2 aromatic carbocycles. The largest absolute Gasteiger partial charge is 0.457 e. The molecule has 3 heterocycles. The number of hydrogen-bond donors (Lipinski definition) is 2. The second-order valence-electron chi connectivity index (χ2n) is 8.94. The Bertz CT molecular complexity index is 1430. The fourth-order valence-corrected chi connectivity index (χ4v) is 4.62. The van der Waals surface area contributed by atoms with E-state index in [4.69, 9.17) is 19.7 Å². The van der Waals surface area contributed by atoms with Crippen molar-refractivity contribution >= 4 is 34.3 Å². The fourth-order valence-electron chi connectivity index (χ4n) is 4.62. The molecule has 2 N–H and O–H groups in total. The Morgan fingerprint density at radius 3 is 2.25 bits per heavy atom. The summed E-state index contributed by atoms with van der Waals surface area (Å²) in [5, 5.41) is 6.76. The molecule has 0 bridgehead atoms. The highest BCUT2D eigenvalue weighted by Crippen LogP contribution is 2.33. The normalized spacial score (nSPS) is 14.0. The average Bonchev–Trinajstić information content (AvgIpc) is 3.36. The molecular weight excluding hydrogens is 450 g/mol. The van der Waals surface area contributed by atoms with Crippen LogP contribution >= 0.6 is 0 Å². The zero-order chi connectivity index (χ0) is 24.2. The summed E-state index contributed by atoms with van der Waals surface area (Å²) in [7, 11) is 0. The van der Waals surface area contributed by atoms with Gasteiger partial charge in [0.2, 0.25) is 5.95 Å². The van der Waals surface area contributed by atoms with Crippen LogP contribution in [0.1, 0.15) is 38.1 Å². The van der Waals surface area contributed by atoms with Gasteiger partial charge in [0.05, 0.1) is 6.33 Å². The van der Waals surface area contributed by atoms with Crippen molar-refractivity contribution in [3.05, 3.63) is 85.5 Å². The lowest BCUT2D eigenvalue weighted by molar-refractivity contribution is 0.358. The molecule has 1 fully saturated rings. The first-order chi connectivity index (χ1) is 17.8. The second kappa shape index (κ2) is 10.0. The topological polar surface area (TPSA) is 89.8 Å². The minimum Gasteiger partial charge on any atom is -0.457 e. The number of hydrogen-bond acceptors (Lipinski definition) is 7. The standard InChI is InChI=1S/C28H27N7O/c1-3-7-22(8-4-1)35-19-30-25-26(33-28(34-27(25)35)32-21-15-17-29-18-16-21)31-20-11-13-24(14-12-20)36-23-9-5-2-6-10-23/h2,5-6,9-19,22H,1,3-4,7-8H2,(H2,29,31,32,33,34). The Hall–Kier alpha value is -4.46. The summed E-state index contributed by atoms with van der Waals surface area (Å²) in [5.74, 6) is 2.73. The van der Waals surface area contributed by atoms with Crippen LogP contribution in [0.5, 0.6) is 11.5 Å². The summed E-state index contributed by atoms with van der Waals surface area (Å²) in [4.78, 5) is 18.5. The molecule has 0 atom stereocenters. The van der Waals surface area contributed by atoms with Crippen molar-refractivity contribution in [3.63, 3.8) is 0 Å². The zero-order valence-electron chi connectivity index (χ0n) is 19.8. The lowest BCUT2D eigenvalue weighted by atomic mass is 9.95. The van der Waals surface area contributed by atoms with Gasteiger partial charge in [-0.2, -0.15) is 9.97 Å². The maximum atomic E-state index is 5.93. The molecule has 180 valence electrons. The van der Waals surface area contributed by atoms with E-state index in [2.05, 4.69) is 20.2 Å². The Morgan fingerprint density at radius 2 is 1.47 bits per heavy atom. The van der Waals surface area contributed by atoms with Gasteiger partial charge in [0.15, 0.2) is 17.0 Å². The molecule has 0 amide bonds. The minimum atomic E-state index is 0.412. The van der Waals surface area contributed by atoms with Gasteiger partial charge in [0.1, 0.15) is 11.5 Å². The van der Waals surface area contributed by atoms with E-state index >= 15 is 0 Å². The molecule has 0 saturated heterocycles. The highest BCUT2D eigenvalue weighted by atomic mass is 16.5. The lowest BCUT2D eigenvalue weighted by Gasteiger charge is -2.23. The van der Waals surface area contributed by atoms with Crippen LogP contribution < -0.4 is 15.4 Å². The number of benzene rings is 2. The highest BCUT2D eigenvalue weighted by Gasteiger charge is 2.21. The number of ether oxygens (including phenoxy) is 1. The maximum Gasteiger partial charge on any atom is 0.231 e. The van der Waals surface area contributed by atoms with Crippen LogP contribution in [0.2, 0.25) is 0 Å². The van der Waals surface area contributed by atoms with E-state index in [9.17, 15) is 0 Å². The molecule has 36 heavy (non-hydrogen) atoms. The maximum absolute atomic E-state index is 5.93. The number of imidazole rings is 1. The van der Waals surface area contributed by atoms with E-state index < -0.39 is 0 Å². The molecule has 8 heteroatoms. The average molecular weight is 478 g/mol. The van der Waals surface area contributed by atoms with Crippen molar-refractivity contribution in [3.8, 4) is 11.5 Å². The van der Waals surface area contributed by atoms with Gasteiger partial charge in [-0.25, -0.2) is 4.98 Å². The number of rotatable bonds is 7. The van der Waals surface area contributed by atoms with E-state index in [0.29, 0.717) is 17.8 Å². The molecule has 1 aliphatic carbocycles. The molecule has 0 radical (unpaired) electrons. The molecule has 0 aliphatic heterocycles. The van der Waals surface area contributed by atoms with Gasteiger partial charge in [0.25, 0.3) is 0 Å². The van der Waals surface area contributed by atoms with Crippen molar-refractivity contribution in [2.45, 2.75) is 38.1 Å². The first kappa shape index (κ1) is 22.0. The van der Waals surface area contributed by atoms with Gasteiger partial charge < -0.3 is 19.9 Å². The van der Waals surface area contributed by atoms with E-state index in [0.717, 1.165) is 46.9 Å². The predicted octanol–water partition coefficient (Wildman–Crippen LogP) is 7.01. The van der Waals surface area contributed by atoms with Crippen LogP contribution in [-0.4, -0.2) is 24.5 Å². The number of aromatic nitrogens is 5. The van der Waals surface area contributed by atoms with E-state index in [1.807, 2.05) is 73.1 Å². The summed E-state index contributed by atoms with van der Waals surface area (Å²) in [6.07, 6.45) is 11.5. The fraction of sp³-hybridized carbons (Fsp3) is 0.214. The molecule has 3 aromatic heterocycles. The summed E-state index contributed by atoms with van der Waals surface area (Å²) in [6, 6.07) is 21.8. The van der Waals surface area contributed by atoms with E-state index in [-0.39, 0.29) is 0 Å². The third-order valence-electron chi connectivity index (χ3n) is 6.42. The van der Waals surface area contributed by atoms with Crippen molar-refractivity contribution in [1.29, 1.82) is 0 Å². The first-order valence-corrected chi connectivity index (χ1v) is 12.3. The van der Waals surface area contributed by atoms with Crippen molar-refractivity contribution in [2.75, 3.05) is 10.6 Å². The Labute approximate surface area is 209 Å². The van der Waals surface area contributed by atoms with Crippen LogP contribution in [0.25, 0.3) is 11.2 Å². The van der Waals surface area contributed by atoms with Gasteiger partial charge in [-0.15, -0.1) is 0 Å². The van der Waals surface area contributed by atoms with Gasteiger partial charge in [0, 0.05) is 29.8 Å². The SMILES string of the molecule is c1ccc(Oc2ccc(Nc3nc(Nc4ccncc4)nc4c3ncn4C3CCCCC3)cc2)cc1. The molecule has 0 unspecified atom stereocenters. The van der Waals surface area contributed by atoms with Gasteiger partial charge in [-0.1, -0.05) is 37.5 Å². The zero-order valence-corrected chi connectivity index (χ0v) is 19.8. The molecule has 5 aromatic rings. The van der Waals surface area contributed by atoms with Crippen LogP contribution in [0.4, 0.5) is 23.1 Å². The summed E-state index contributed by atoms with van der Waals surface area (Å²) in [6.45, 7) is 0. The van der Waals surface area contributed by atoms with Crippen LogP contribution in [0.3, 0.4) is 0 Å². The molecule has 0 spiro atoms. The highest BCUT2D eigenvalue weighted by molar-refractivity contribution is 5.87. The van der Waals surface area contributed by atoms with Crippen LogP contribution in [-0.2, 0) is 0 Å².